The lowest BCUT2D eigenvalue weighted by Gasteiger charge is -2.04. The van der Waals surface area contributed by atoms with Crippen LogP contribution in [0.1, 0.15) is 17.5 Å². The van der Waals surface area contributed by atoms with Gasteiger partial charge in [-0.15, -0.1) is 10.2 Å². The Balaban J connectivity index is 2.22. The van der Waals surface area contributed by atoms with Crippen LogP contribution in [0.25, 0.3) is 6.08 Å². The van der Waals surface area contributed by atoms with Crippen LogP contribution in [-0.2, 0) is 11.2 Å². The molecule has 112 valence electrons. The second-order valence-corrected chi connectivity index (χ2v) is 5.28. The predicted molar refractivity (Wildman–Crippen MR) is 84.5 cm³/mol. The molecule has 1 amide bonds. The molecule has 0 atom stereocenters. The van der Waals surface area contributed by atoms with Crippen molar-refractivity contribution in [3.8, 4) is 11.8 Å². The fourth-order valence-corrected chi connectivity index (χ4v) is 2.38. The standard InChI is InChI=1S/C15H14N4O2S/c1-3-13-18-19-15(22-13)17-14(20)11(9-16)8-10-6-4-5-7-12(10)21-2/h4-8H,3H2,1-2H3,(H,17,19,20)/b11-8+. The first-order chi connectivity index (χ1) is 10.7. The number of hydrogen-bond acceptors (Lipinski definition) is 6. The number of methoxy groups -OCH3 is 1. The summed E-state index contributed by atoms with van der Waals surface area (Å²) in [6.07, 6.45) is 2.23. The maximum absolute atomic E-state index is 12.1. The molecule has 0 aliphatic heterocycles. The molecule has 0 spiro atoms. The first-order valence-corrected chi connectivity index (χ1v) is 7.38. The minimum Gasteiger partial charge on any atom is -0.496 e. The van der Waals surface area contributed by atoms with E-state index >= 15 is 0 Å². The molecule has 1 aromatic carbocycles. The second-order valence-electron chi connectivity index (χ2n) is 4.22. The van der Waals surface area contributed by atoms with Gasteiger partial charge in [-0.3, -0.25) is 10.1 Å². The number of amides is 1. The van der Waals surface area contributed by atoms with Crippen molar-refractivity contribution < 1.29 is 9.53 Å². The zero-order chi connectivity index (χ0) is 15.9. The summed E-state index contributed by atoms with van der Waals surface area (Å²) in [5.41, 5.74) is 0.626. The molecule has 1 heterocycles. The number of benzene rings is 1. The van der Waals surface area contributed by atoms with Crippen LogP contribution < -0.4 is 10.1 Å². The van der Waals surface area contributed by atoms with Gasteiger partial charge in [-0.05, 0) is 18.6 Å². The number of carbonyl (C=O) groups is 1. The molecule has 2 rings (SSSR count). The van der Waals surface area contributed by atoms with E-state index in [0.29, 0.717) is 16.4 Å². The molecule has 6 nitrogen and oxygen atoms in total. The van der Waals surface area contributed by atoms with Crippen molar-refractivity contribution >= 4 is 28.5 Å². The van der Waals surface area contributed by atoms with Gasteiger partial charge in [-0.2, -0.15) is 5.26 Å². The van der Waals surface area contributed by atoms with Crippen LogP contribution >= 0.6 is 11.3 Å². The smallest absolute Gasteiger partial charge is 0.268 e. The van der Waals surface area contributed by atoms with Crippen LogP contribution in [0.4, 0.5) is 5.13 Å². The average molecular weight is 314 g/mol. The Morgan fingerprint density at radius 3 is 2.86 bits per heavy atom. The highest BCUT2D eigenvalue weighted by Gasteiger charge is 2.13. The van der Waals surface area contributed by atoms with Gasteiger partial charge in [0.1, 0.15) is 22.4 Å². The minimum absolute atomic E-state index is 0.0299. The van der Waals surface area contributed by atoms with Gasteiger partial charge in [0.15, 0.2) is 0 Å². The number of aromatic nitrogens is 2. The number of rotatable bonds is 5. The Morgan fingerprint density at radius 2 is 2.23 bits per heavy atom. The van der Waals surface area contributed by atoms with Crippen LogP contribution in [0.5, 0.6) is 5.75 Å². The lowest BCUT2D eigenvalue weighted by Crippen LogP contribution is -2.13. The Kier molecular flexibility index (Phi) is 5.22. The van der Waals surface area contributed by atoms with Crippen LogP contribution in [0, 0.1) is 11.3 Å². The SMILES string of the molecule is CCc1nnc(NC(=O)/C(C#N)=C/c2ccccc2OC)s1. The summed E-state index contributed by atoms with van der Waals surface area (Å²) in [7, 11) is 1.53. The van der Waals surface area contributed by atoms with Crippen molar-refractivity contribution in [1.29, 1.82) is 5.26 Å². The third-order valence-electron chi connectivity index (χ3n) is 2.79. The van der Waals surface area contributed by atoms with Crippen molar-refractivity contribution in [2.75, 3.05) is 12.4 Å². The fraction of sp³-hybridized carbons (Fsp3) is 0.200. The summed E-state index contributed by atoms with van der Waals surface area (Å²) in [6.45, 7) is 1.95. The average Bonchev–Trinajstić information content (AvgIpc) is 3.00. The van der Waals surface area contributed by atoms with Crippen LogP contribution in [-0.4, -0.2) is 23.2 Å². The maximum atomic E-state index is 12.1. The number of hydrogen-bond donors (Lipinski definition) is 1. The third-order valence-corrected chi connectivity index (χ3v) is 3.78. The van der Waals surface area contributed by atoms with E-state index in [4.69, 9.17) is 4.74 Å². The number of nitrogens with one attached hydrogen (secondary N) is 1. The summed E-state index contributed by atoms with van der Waals surface area (Å²) < 4.78 is 5.20. The Morgan fingerprint density at radius 1 is 1.45 bits per heavy atom. The van der Waals surface area contributed by atoms with Crippen LogP contribution in [0.3, 0.4) is 0 Å². The summed E-state index contributed by atoms with van der Waals surface area (Å²) in [4.78, 5) is 12.1. The summed E-state index contributed by atoms with van der Waals surface area (Å²) in [5.74, 6) is 0.0689. The third kappa shape index (κ3) is 3.68. The number of nitriles is 1. The Bertz CT molecular complexity index is 746. The van der Waals surface area contributed by atoms with Gasteiger partial charge in [0.05, 0.1) is 7.11 Å². The van der Waals surface area contributed by atoms with Crippen molar-refractivity contribution in [1.82, 2.24) is 10.2 Å². The van der Waals surface area contributed by atoms with Gasteiger partial charge in [-0.25, -0.2) is 0 Å². The van der Waals surface area contributed by atoms with Crippen molar-refractivity contribution in [3.05, 3.63) is 40.4 Å². The number of carbonyl (C=O) groups excluding carboxylic acids is 1. The quantitative estimate of drug-likeness (QED) is 0.677. The molecule has 0 saturated carbocycles. The van der Waals surface area contributed by atoms with E-state index in [9.17, 15) is 10.1 Å². The van der Waals surface area contributed by atoms with E-state index in [2.05, 4.69) is 15.5 Å². The first kappa shape index (κ1) is 15.7. The van der Waals surface area contributed by atoms with Gasteiger partial charge < -0.3 is 4.74 Å². The second kappa shape index (κ2) is 7.33. The molecule has 0 aliphatic carbocycles. The predicted octanol–water partition coefficient (Wildman–Crippen LogP) is 2.65. The van der Waals surface area contributed by atoms with Gasteiger partial charge in [0, 0.05) is 5.56 Å². The molecule has 1 N–H and O–H groups in total. The minimum atomic E-state index is -0.521. The van der Waals surface area contributed by atoms with Gasteiger partial charge in [0.2, 0.25) is 5.13 Å². The molecule has 0 fully saturated rings. The summed E-state index contributed by atoms with van der Waals surface area (Å²) >= 11 is 1.29. The highest BCUT2D eigenvalue weighted by molar-refractivity contribution is 7.15. The van der Waals surface area contributed by atoms with Gasteiger partial charge >= 0.3 is 0 Å². The van der Waals surface area contributed by atoms with Crippen molar-refractivity contribution in [2.45, 2.75) is 13.3 Å². The highest BCUT2D eigenvalue weighted by Crippen LogP contribution is 2.21. The van der Waals surface area contributed by atoms with E-state index in [1.54, 1.807) is 18.2 Å². The molecule has 0 bridgehead atoms. The normalized spacial score (nSPS) is 10.9. The number of ether oxygens (including phenoxy) is 1. The molecular weight excluding hydrogens is 300 g/mol. The van der Waals surface area contributed by atoms with E-state index < -0.39 is 5.91 Å². The summed E-state index contributed by atoms with van der Waals surface area (Å²) in [6, 6.07) is 9.04. The molecular formula is C15H14N4O2S. The van der Waals surface area contributed by atoms with E-state index in [-0.39, 0.29) is 5.57 Å². The molecule has 0 unspecified atom stereocenters. The summed E-state index contributed by atoms with van der Waals surface area (Å²) in [5, 5.41) is 20.8. The Labute approximate surface area is 132 Å². The largest absolute Gasteiger partial charge is 0.496 e. The lowest BCUT2D eigenvalue weighted by molar-refractivity contribution is -0.112. The van der Waals surface area contributed by atoms with Gasteiger partial charge in [0.25, 0.3) is 5.91 Å². The molecule has 22 heavy (non-hydrogen) atoms. The monoisotopic (exact) mass is 314 g/mol. The number of anilines is 1. The highest BCUT2D eigenvalue weighted by atomic mass is 32.1. The number of nitrogens with zero attached hydrogens (tertiary/aromatic N) is 3. The van der Waals surface area contributed by atoms with Crippen LogP contribution in [0.2, 0.25) is 0 Å². The first-order valence-electron chi connectivity index (χ1n) is 6.56. The molecule has 7 heteroatoms. The topological polar surface area (TPSA) is 87.9 Å². The van der Waals surface area contributed by atoms with E-state index in [0.717, 1.165) is 11.4 Å². The fourth-order valence-electron chi connectivity index (χ4n) is 1.70. The Hall–Kier alpha value is -2.72. The molecule has 0 radical (unpaired) electrons. The molecule has 2 aromatic rings. The van der Waals surface area contributed by atoms with E-state index in [1.807, 2.05) is 19.1 Å². The van der Waals surface area contributed by atoms with Crippen LogP contribution in [0.15, 0.2) is 29.8 Å². The van der Waals surface area contributed by atoms with E-state index in [1.165, 1.54) is 24.5 Å². The van der Waals surface area contributed by atoms with Gasteiger partial charge in [-0.1, -0.05) is 36.5 Å². The van der Waals surface area contributed by atoms with Crippen molar-refractivity contribution in [3.63, 3.8) is 0 Å². The zero-order valence-corrected chi connectivity index (χ0v) is 13.0. The zero-order valence-electron chi connectivity index (χ0n) is 12.2. The lowest BCUT2D eigenvalue weighted by atomic mass is 10.1. The molecule has 0 saturated heterocycles. The number of para-hydroxylation sites is 1. The molecule has 0 aliphatic rings. The molecule has 1 aromatic heterocycles. The maximum Gasteiger partial charge on any atom is 0.268 e. The van der Waals surface area contributed by atoms with Crippen molar-refractivity contribution in [2.24, 2.45) is 0 Å². The number of aryl methyl sites for hydroxylation is 1.